The van der Waals surface area contributed by atoms with E-state index in [2.05, 4.69) is 31.2 Å². The van der Waals surface area contributed by atoms with Gasteiger partial charge in [0, 0.05) is 11.9 Å². The molecule has 1 aliphatic rings. The lowest BCUT2D eigenvalue weighted by atomic mass is 10.0. The molecule has 0 aliphatic heterocycles. The number of allylic oxidation sites excluding steroid dienone is 6. The lowest BCUT2D eigenvalue weighted by molar-refractivity contribution is 1.24. The molecule has 0 saturated heterocycles. The molecule has 0 bridgehead atoms. The van der Waals surface area contributed by atoms with Gasteiger partial charge in [-0.3, -0.25) is 4.99 Å². The molecule has 0 atom stereocenters. The van der Waals surface area contributed by atoms with Crippen LogP contribution in [0.1, 0.15) is 27.2 Å². The summed E-state index contributed by atoms with van der Waals surface area (Å²) in [6, 6.07) is 0. The highest BCUT2D eigenvalue weighted by Crippen LogP contribution is 2.28. The monoisotopic (exact) mass is 187 g/mol. The van der Waals surface area contributed by atoms with Gasteiger partial charge in [-0.15, -0.1) is 0 Å². The summed E-state index contributed by atoms with van der Waals surface area (Å²) in [5, 5.41) is 0. The van der Waals surface area contributed by atoms with E-state index in [4.69, 9.17) is 0 Å². The molecule has 0 radical (unpaired) electrons. The first-order valence-corrected chi connectivity index (χ1v) is 4.78. The van der Waals surface area contributed by atoms with Crippen LogP contribution in [0.15, 0.2) is 52.2 Å². The SMILES string of the molecule is C=C(C)/N=C\C1=C(C)CC=C1C(=C)C. The molecule has 1 aliphatic carbocycles. The predicted molar refractivity (Wildman–Crippen MR) is 63.5 cm³/mol. The Morgan fingerprint density at radius 2 is 2.07 bits per heavy atom. The van der Waals surface area contributed by atoms with Gasteiger partial charge in [0.1, 0.15) is 0 Å². The van der Waals surface area contributed by atoms with Crippen LogP contribution in [0.2, 0.25) is 0 Å². The molecule has 0 aromatic heterocycles. The summed E-state index contributed by atoms with van der Waals surface area (Å²) in [6.07, 6.45) is 5.11. The summed E-state index contributed by atoms with van der Waals surface area (Å²) in [6.45, 7) is 13.8. The summed E-state index contributed by atoms with van der Waals surface area (Å²) in [5.41, 5.74) is 5.73. The Bertz CT molecular complexity index is 365. The molecule has 14 heavy (non-hydrogen) atoms. The quantitative estimate of drug-likeness (QED) is 0.596. The zero-order valence-electron chi connectivity index (χ0n) is 9.22. The first-order chi connectivity index (χ1) is 6.52. The summed E-state index contributed by atoms with van der Waals surface area (Å²) in [5.74, 6) is 0. The molecule has 0 spiro atoms. The van der Waals surface area contributed by atoms with Gasteiger partial charge in [0.15, 0.2) is 0 Å². The van der Waals surface area contributed by atoms with E-state index in [-0.39, 0.29) is 0 Å². The molecular formula is C13H17N. The summed E-state index contributed by atoms with van der Waals surface area (Å²) in [4.78, 5) is 4.23. The normalized spacial score (nSPS) is 16.4. The van der Waals surface area contributed by atoms with Crippen molar-refractivity contribution in [1.29, 1.82) is 0 Å². The van der Waals surface area contributed by atoms with Gasteiger partial charge in [0.05, 0.1) is 0 Å². The smallest absolute Gasteiger partial charge is 0.0348 e. The van der Waals surface area contributed by atoms with Crippen molar-refractivity contribution < 1.29 is 0 Å². The van der Waals surface area contributed by atoms with Gasteiger partial charge in [-0.2, -0.15) is 0 Å². The van der Waals surface area contributed by atoms with Crippen LogP contribution in [0, 0.1) is 0 Å². The molecule has 0 saturated carbocycles. The second-order valence-electron chi connectivity index (χ2n) is 3.79. The van der Waals surface area contributed by atoms with Crippen LogP contribution in [0.4, 0.5) is 0 Å². The third-order valence-corrected chi connectivity index (χ3v) is 2.24. The Balaban J connectivity index is 2.95. The summed E-state index contributed by atoms with van der Waals surface area (Å²) >= 11 is 0. The van der Waals surface area contributed by atoms with Crippen molar-refractivity contribution in [2.24, 2.45) is 4.99 Å². The maximum atomic E-state index is 4.23. The van der Waals surface area contributed by atoms with Crippen LogP contribution in [0.5, 0.6) is 0 Å². The lowest BCUT2D eigenvalue weighted by Crippen LogP contribution is -1.91. The molecule has 0 heterocycles. The van der Waals surface area contributed by atoms with Crippen LogP contribution in [0.25, 0.3) is 0 Å². The number of hydrogen-bond acceptors (Lipinski definition) is 1. The van der Waals surface area contributed by atoms with E-state index in [0.29, 0.717) is 0 Å². The first kappa shape index (κ1) is 10.7. The minimum atomic E-state index is 0.832. The number of hydrogen-bond donors (Lipinski definition) is 0. The van der Waals surface area contributed by atoms with Gasteiger partial charge in [-0.1, -0.05) is 30.4 Å². The first-order valence-electron chi connectivity index (χ1n) is 4.78. The van der Waals surface area contributed by atoms with Gasteiger partial charge < -0.3 is 0 Å². The molecule has 0 aromatic carbocycles. The minimum absolute atomic E-state index is 0.832. The molecule has 0 fully saturated rings. The van der Waals surface area contributed by atoms with E-state index in [1.807, 2.05) is 20.1 Å². The molecule has 0 amide bonds. The summed E-state index contributed by atoms with van der Waals surface area (Å²) in [7, 11) is 0. The average molecular weight is 187 g/mol. The fraction of sp³-hybridized carbons (Fsp3) is 0.308. The Kier molecular flexibility index (Phi) is 3.23. The number of aliphatic imine (C=N–C) groups is 1. The van der Waals surface area contributed by atoms with Crippen LogP contribution in [-0.2, 0) is 0 Å². The Hall–Kier alpha value is -1.37. The highest BCUT2D eigenvalue weighted by molar-refractivity contribution is 5.89. The third-order valence-electron chi connectivity index (χ3n) is 2.24. The van der Waals surface area contributed by atoms with E-state index in [0.717, 1.165) is 17.7 Å². The minimum Gasteiger partial charge on any atom is -0.262 e. The van der Waals surface area contributed by atoms with Crippen molar-refractivity contribution >= 4 is 6.21 Å². The molecule has 0 aromatic rings. The fourth-order valence-corrected chi connectivity index (χ4v) is 1.46. The Morgan fingerprint density at radius 1 is 1.43 bits per heavy atom. The van der Waals surface area contributed by atoms with Gasteiger partial charge >= 0.3 is 0 Å². The van der Waals surface area contributed by atoms with Gasteiger partial charge in [0.25, 0.3) is 0 Å². The zero-order valence-corrected chi connectivity index (χ0v) is 9.22. The topological polar surface area (TPSA) is 12.4 Å². The zero-order chi connectivity index (χ0) is 10.7. The highest BCUT2D eigenvalue weighted by atomic mass is 14.7. The lowest BCUT2D eigenvalue weighted by Gasteiger charge is -2.04. The van der Waals surface area contributed by atoms with Crippen LogP contribution in [0.3, 0.4) is 0 Å². The van der Waals surface area contributed by atoms with Crippen molar-refractivity contribution in [3.8, 4) is 0 Å². The van der Waals surface area contributed by atoms with Crippen LogP contribution >= 0.6 is 0 Å². The standard InChI is InChI=1S/C13H17N/c1-9(2)12-7-6-11(5)13(12)8-14-10(3)4/h7-8H,1,3,6H2,2,4-5H3/b14-8-. The molecule has 0 unspecified atom stereocenters. The fourth-order valence-electron chi connectivity index (χ4n) is 1.46. The van der Waals surface area contributed by atoms with E-state index < -0.39 is 0 Å². The molecule has 1 heteroatoms. The molecular weight excluding hydrogens is 170 g/mol. The van der Waals surface area contributed by atoms with Gasteiger partial charge in [-0.05, 0) is 38.3 Å². The highest BCUT2D eigenvalue weighted by Gasteiger charge is 2.12. The van der Waals surface area contributed by atoms with Crippen LogP contribution in [-0.4, -0.2) is 6.21 Å². The second-order valence-corrected chi connectivity index (χ2v) is 3.79. The van der Waals surface area contributed by atoms with E-state index in [1.54, 1.807) is 0 Å². The predicted octanol–water partition coefficient (Wildman–Crippen LogP) is 3.81. The van der Waals surface area contributed by atoms with E-state index in [9.17, 15) is 0 Å². The maximum absolute atomic E-state index is 4.23. The van der Waals surface area contributed by atoms with Gasteiger partial charge in [-0.25, -0.2) is 0 Å². The maximum Gasteiger partial charge on any atom is 0.0348 e. The van der Waals surface area contributed by atoms with Crippen LogP contribution < -0.4 is 0 Å². The van der Waals surface area contributed by atoms with Crippen molar-refractivity contribution in [2.45, 2.75) is 27.2 Å². The summed E-state index contributed by atoms with van der Waals surface area (Å²) < 4.78 is 0. The number of nitrogens with zero attached hydrogens (tertiary/aromatic N) is 1. The van der Waals surface area contributed by atoms with Gasteiger partial charge in [0.2, 0.25) is 0 Å². The second kappa shape index (κ2) is 4.23. The average Bonchev–Trinajstić information content (AvgIpc) is 2.43. The number of rotatable bonds is 3. The molecule has 1 nitrogen and oxygen atoms in total. The molecule has 0 N–H and O–H groups in total. The van der Waals surface area contributed by atoms with E-state index in [1.165, 1.54) is 16.7 Å². The molecule has 1 rings (SSSR count). The Morgan fingerprint density at radius 3 is 2.57 bits per heavy atom. The van der Waals surface area contributed by atoms with Crippen molar-refractivity contribution in [3.63, 3.8) is 0 Å². The molecule has 74 valence electrons. The van der Waals surface area contributed by atoms with Crippen molar-refractivity contribution in [3.05, 3.63) is 47.2 Å². The van der Waals surface area contributed by atoms with Crippen molar-refractivity contribution in [1.82, 2.24) is 0 Å². The Labute approximate surface area is 86.2 Å². The van der Waals surface area contributed by atoms with Crippen molar-refractivity contribution in [2.75, 3.05) is 0 Å². The van der Waals surface area contributed by atoms with E-state index >= 15 is 0 Å². The third kappa shape index (κ3) is 2.32. The largest absolute Gasteiger partial charge is 0.262 e.